The molecule has 0 bridgehead atoms. The number of hydrogen-bond donors (Lipinski definition) is 1. The monoisotopic (exact) mass is 346 g/mol. The Morgan fingerprint density at radius 3 is 1.91 bits per heavy atom. The van der Waals surface area contributed by atoms with E-state index in [0.717, 1.165) is 13.1 Å². The maximum atomic E-state index is 3.46. The molecule has 0 amide bonds. The molecule has 1 unspecified atom stereocenters. The minimum atomic E-state index is 0. The Kier molecular flexibility index (Phi) is 10.4. The Hall–Kier alpha value is -0.280. The molecular formula is C18H32Cl2N2. The quantitative estimate of drug-likeness (QED) is 0.834. The van der Waals surface area contributed by atoms with Gasteiger partial charge in [0, 0.05) is 32.2 Å². The zero-order valence-electron chi connectivity index (χ0n) is 14.3. The van der Waals surface area contributed by atoms with Crippen LogP contribution in [0.1, 0.15) is 57.2 Å². The second kappa shape index (κ2) is 10.5. The summed E-state index contributed by atoms with van der Waals surface area (Å²) in [6.45, 7) is 13.8. The number of nitrogens with one attached hydrogen (secondary N) is 1. The van der Waals surface area contributed by atoms with Crippen LogP contribution in [0.5, 0.6) is 0 Å². The molecule has 2 nitrogen and oxygen atoms in total. The SMILES string of the molecule is CCC(C)[C@H](c1ccc(C(C)C)cc1)N1CCNCC1.Cl.Cl. The Bertz CT molecular complexity index is 400. The van der Waals surface area contributed by atoms with Crippen molar-refractivity contribution in [3.05, 3.63) is 35.4 Å². The molecule has 0 saturated carbocycles. The summed E-state index contributed by atoms with van der Waals surface area (Å²) in [5.74, 6) is 1.32. The highest BCUT2D eigenvalue weighted by Gasteiger charge is 2.26. The van der Waals surface area contributed by atoms with E-state index < -0.39 is 0 Å². The molecule has 1 aromatic rings. The molecule has 2 rings (SSSR count). The third-order valence-electron chi connectivity index (χ3n) is 4.67. The van der Waals surface area contributed by atoms with Crippen molar-refractivity contribution in [2.24, 2.45) is 5.92 Å². The van der Waals surface area contributed by atoms with E-state index in [1.54, 1.807) is 0 Å². The number of hydrogen-bond acceptors (Lipinski definition) is 2. The summed E-state index contributed by atoms with van der Waals surface area (Å²) in [6, 6.07) is 9.92. The topological polar surface area (TPSA) is 15.3 Å². The van der Waals surface area contributed by atoms with E-state index in [-0.39, 0.29) is 24.8 Å². The lowest BCUT2D eigenvalue weighted by Crippen LogP contribution is -2.46. The second-order valence-electron chi connectivity index (χ2n) is 6.44. The van der Waals surface area contributed by atoms with Crippen molar-refractivity contribution in [1.29, 1.82) is 0 Å². The van der Waals surface area contributed by atoms with E-state index in [9.17, 15) is 0 Å². The summed E-state index contributed by atoms with van der Waals surface area (Å²) in [6.07, 6.45) is 1.24. The third kappa shape index (κ3) is 5.42. The predicted octanol–water partition coefficient (Wildman–Crippen LogP) is 4.65. The van der Waals surface area contributed by atoms with E-state index in [1.807, 2.05) is 0 Å². The van der Waals surface area contributed by atoms with Gasteiger partial charge in [-0.3, -0.25) is 4.90 Å². The molecule has 1 aliphatic heterocycles. The van der Waals surface area contributed by atoms with Gasteiger partial charge in [-0.2, -0.15) is 0 Å². The molecule has 0 radical (unpaired) electrons. The molecule has 1 heterocycles. The molecule has 1 aliphatic rings. The van der Waals surface area contributed by atoms with Crippen molar-refractivity contribution in [1.82, 2.24) is 10.2 Å². The van der Waals surface area contributed by atoms with Gasteiger partial charge in [-0.1, -0.05) is 58.4 Å². The first-order valence-corrected chi connectivity index (χ1v) is 8.18. The average Bonchev–Trinajstić information content (AvgIpc) is 2.49. The van der Waals surface area contributed by atoms with Crippen LogP contribution in [0.2, 0.25) is 0 Å². The number of nitrogens with zero attached hydrogens (tertiary/aromatic N) is 1. The summed E-state index contributed by atoms with van der Waals surface area (Å²) < 4.78 is 0. The minimum Gasteiger partial charge on any atom is -0.314 e. The molecule has 4 heteroatoms. The van der Waals surface area contributed by atoms with Gasteiger partial charge in [0.25, 0.3) is 0 Å². The van der Waals surface area contributed by atoms with Crippen LogP contribution in [0.3, 0.4) is 0 Å². The van der Waals surface area contributed by atoms with Crippen LogP contribution in [0, 0.1) is 5.92 Å². The van der Waals surface area contributed by atoms with Crippen LogP contribution in [-0.4, -0.2) is 31.1 Å². The van der Waals surface area contributed by atoms with Gasteiger partial charge in [0.15, 0.2) is 0 Å². The first kappa shape index (κ1) is 21.7. The Labute approximate surface area is 148 Å². The fraction of sp³-hybridized carbons (Fsp3) is 0.667. The van der Waals surface area contributed by atoms with Crippen molar-refractivity contribution >= 4 is 24.8 Å². The lowest BCUT2D eigenvalue weighted by molar-refractivity contribution is 0.128. The van der Waals surface area contributed by atoms with Crippen LogP contribution in [0.4, 0.5) is 0 Å². The predicted molar refractivity (Wildman–Crippen MR) is 102 cm³/mol. The molecule has 0 aliphatic carbocycles. The number of rotatable bonds is 5. The maximum Gasteiger partial charge on any atom is 0.0374 e. The van der Waals surface area contributed by atoms with Gasteiger partial charge in [0.1, 0.15) is 0 Å². The molecule has 2 atom stereocenters. The van der Waals surface area contributed by atoms with Crippen LogP contribution in [-0.2, 0) is 0 Å². The largest absolute Gasteiger partial charge is 0.314 e. The van der Waals surface area contributed by atoms with Gasteiger partial charge >= 0.3 is 0 Å². The first-order chi connectivity index (χ1) is 9.63. The Balaban J connectivity index is 0.00000220. The molecule has 22 heavy (non-hydrogen) atoms. The fourth-order valence-corrected chi connectivity index (χ4v) is 3.16. The normalized spacial score (nSPS) is 18.2. The molecule has 1 saturated heterocycles. The summed E-state index contributed by atoms with van der Waals surface area (Å²) in [7, 11) is 0. The smallest absolute Gasteiger partial charge is 0.0374 e. The van der Waals surface area contributed by atoms with Crippen molar-refractivity contribution in [2.45, 2.75) is 46.1 Å². The van der Waals surface area contributed by atoms with Crippen molar-refractivity contribution in [3.8, 4) is 0 Å². The summed E-state index contributed by atoms with van der Waals surface area (Å²) in [5, 5.41) is 3.46. The molecular weight excluding hydrogens is 315 g/mol. The number of halogens is 2. The van der Waals surface area contributed by atoms with Gasteiger partial charge in [0.05, 0.1) is 0 Å². The van der Waals surface area contributed by atoms with Gasteiger partial charge in [0.2, 0.25) is 0 Å². The zero-order valence-corrected chi connectivity index (χ0v) is 16.0. The second-order valence-corrected chi connectivity index (χ2v) is 6.44. The van der Waals surface area contributed by atoms with E-state index in [1.165, 1.54) is 30.6 Å². The molecule has 128 valence electrons. The van der Waals surface area contributed by atoms with Gasteiger partial charge in [-0.05, 0) is 23.0 Å². The van der Waals surface area contributed by atoms with Crippen LogP contribution in [0.25, 0.3) is 0 Å². The highest BCUT2D eigenvalue weighted by molar-refractivity contribution is 5.85. The average molecular weight is 347 g/mol. The van der Waals surface area contributed by atoms with Gasteiger partial charge < -0.3 is 5.32 Å². The molecule has 1 aromatic carbocycles. The fourth-order valence-electron chi connectivity index (χ4n) is 3.16. The van der Waals surface area contributed by atoms with E-state index in [2.05, 4.69) is 62.2 Å². The maximum absolute atomic E-state index is 3.46. The Morgan fingerprint density at radius 2 is 1.45 bits per heavy atom. The summed E-state index contributed by atoms with van der Waals surface area (Å²) in [5.41, 5.74) is 2.93. The number of benzene rings is 1. The summed E-state index contributed by atoms with van der Waals surface area (Å²) in [4.78, 5) is 2.66. The first-order valence-electron chi connectivity index (χ1n) is 8.18. The van der Waals surface area contributed by atoms with Gasteiger partial charge in [-0.15, -0.1) is 24.8 Å². The van der Waals surface area contributed by atoms with Crippen LogP contribution < -0.4 is 5.32 Å². The van der Waals surface area contributed by atoms with E-state index >= 15 is 0 Å². The minimum absolute atomic E-state index is 0. The van der Waals surface area contributed by atoms with E-state index in [0.29, 0.717) is 17.9 Å². The third-order valence-corrected chi connectivity index (χ3v) is 4.67. The highest BCUT2D eigenvalue weighted by Crippen LogP contribution is 2.31. The van der Waals surface area contributed by atoms with Crippen LogP contribution >= 0.6 is 24.8 Å². The molecule has 1 N–H and O–H groups in total. The zero-order chi connectivity index (χ0) is 14.5. The lowest BCUT2D eigenvalue weighted by Gasteiger charge is -2.38. The number of piperazine rings is 1. The van der Waals surface area contributed by atoms with Crippen molar-refractivity contribution < 1.29 is 0 Å². The molecule has 0 spiro atoms. The highest BCUT2D eigenvalue weighted by atomic mass is 35.5. The van der Waals surface area contributed by atoms with Crippen LogP contribution in [0.15, 0.2) is 24.3 Å². The standard InChI is InChI=1S/C18H30N2.2ClH/c1-5-15(4)18(20-12-10-19-11-13-20)17-8-6-16(7-9-17)14(2)3;;/h6-9,14-15,18-19H,5,10-13H2,1-4H3;2*1H/t15?,18-;;/m1../s1. The van der Waals surface area contributed by atoms with Crippen molar-refractivity contribution in [3.63, 3.8) is 0 Å². The molecule has 0 aromatic heterocycles. The molecule has 1 fully saturated rings. The van der Waals surface area contributed by atoms with Crippen molar-refractivity contribution in [2.75, 3.05) is 26.2 Å². The van der Waals surface area contributed by atoms with E-state index in [4.69, 9.17) is 0 Å². The van der Waals surface area contributed by atoms with Gasteiger partial charge in [-0.25, -0.2) is 0 Å². The lowest BCUT2D eigenvalue weighted by atomic mass is 9.89. The summed E-state index contributed by atoms with van der Waals surface area (Å²) >= 11 is 0. The Morgan fingerprint density at radius 1 is 0.955 bits per heavy atom.